The number of aryl methyl sites for hydroxylation is 1. The number of thiophene rings is 1. The summed E-state index contributed by atoms with van der Waals surface area (Å²) < 4.78 is 0. The SMILES string of the molecule is CCc1ccsc1CNC(=O)c1cc(Cl)nc(NN)c1. The molecule has 0 aliphatic carbocycles. The number of hydrogen-bond donors (Lipinski definition) is 3. The summed E-state index contributed by atoms with van der Waals surface area (Å²) in [7, 11) is 0. The Bertz CT molecular complexity index is 614. The van der Waals surface area contributed by atoms with Gasteiger partial charge in [-0.15, -0.1) is 11.3 Å². The van der Waals surface area contributed by atoms with Crippen molar-refractivity contribution in [1.29, 1.82) is 0 Å². The lowest BCUT2D eigenvalue weighted by atomic mass is 10.2. The molecule has 7 heteroatoms. The Morgan fingerprint density at radius 3 is 3.00 bits per heavy atom. The normalized spacial score (nSPS) is 10.3. The highest BCUT2D eigenvalue weighted by Crippen LogP contribution is 2.18. The van der Waals surface area contributed by atoms with Crippen molar-refractivity contribution in [1.82, 2.24) is 10.3 Å². The maximum absolute atomic E-state index is 12.1. The Morgan fingerprint density at radius 1 is 1.50 bits per heavy atom. The van der Waals surface area contributed by atoms with Crippen LogP contribution in [0.15, 0.2) is 23.6 Å². The van der Waals surface area contributed by atoms with Gasteiger partial charge in [-0.3, -0.25) is 4.79 Å². The monoisotopic (exact) mass is 310 g/mol. The van der Waals surface area contributed by atoms with Crippen molar-refractivity contribution in [2.75, 3.05) is 5.43 Å². The summed E-state index contributed by atoms with van der Waals surface area (Å²) in [4.78, 5) is 17.2. The Balaban J connectivity index is 2.07. The summed E-state index contributed by atoms with van der Waals surface area (Å²) >= 11 is 7.47. The summed E-state index contributed by atoms with van der Waals surface area (Å²) in [5.41, 5.74) is 4.06. The molecule has 0 spiro atoms. The minimum atomic E-state index is -0.207. The highest BCUT2D eigenvalue weighted by atomic mass is 35.5. The van der Waals surface area contributed by atoms with Gasteiger partial charge >= 0.3 is 0 Å². The topological polar surface area (TPSA) is 80.0 Å². The number of rotatable bonds is 5. The van der Waals surface area contributed by atoms with Crippen LogP contribution in [0.3, 0.4) is 0 Å². The van der Waals surface area contributed by atoms with Crippen LogP contribution in [-0.4, -0.2) is 10.9 Å². The molecule has 1 amide bonds. The van der Waals surface area contributed by atoms with Gasteiger partial charge in [0.05, 0.1) is 6.54 Å². The first kappa shape index (κ1) is 14.8. The fourth-order valence-corrected chi connectivity index (χ4v) is 2.93. The van der Waals surface area contributed by atoms with Crippen LogP contribution in [-0.2, 0) is 13.0 Å². The first-order chi connectivity index (χ1) is 9.63. The van der Waals surface area contributed by atoms with Crippen molar-refractivity contribution in [2.45, 2.75) is 19.9 Å². The third-order valence-electron chi connectivity index (χ3n) is 2.83. The van der Waals surface area contributed by atoms with Crippen molar-refractivity contribution in [3.8, 4) is 0 Å². The molecule has 106 valence electrons. The Kier molecular flexibility index (Phi) is 4.94. The second-order valence-electron chi connectivity index (χ2n) is 4.11. The van der Waals surface area contributed by atoms with E-state index in [1.54, 1.807) is 17.4 Å². The molecule has 20 heavy (non-hydrogen) atoms. The van der Waals surface area contributed by atoms with Gasteiger partial charge in [-0.2, -0.15) is 0 Å². The first-order valence-electron chi connectivity index (χ1n) is 6.11. The summed E-state index contributed by atoms with van der Waals surface area (Å²) in [6.45, 7) is 2.60. The summed E-state index contributed by atoms with van der Waals surface area (Å²) in [5, 5.41) is 5.12. The summed E-state index contributed by atoms with van der Waals surface area (Å²) in [5.74, 6) is 5.42. The molecule has 0 saturated carbocycles. The molecule has 0 aromatic carbocycles. The van der Waals surface area contributed by atoms with E-state index in [9.17, 15) is 4.79 Å². The highest BCUT2D eigenvalue weighted by molar-refractivity contribution is 7.10. The molecule has 0 unspecified atom stereocenters. The fraction of sp³-hybridized carbons (Fsp3) is 0.231. The number of nitrogens with two attached hydrogens (primary N) is 1. The van der Waals surface area contributed by atoms with Gasteiger partial charge in [0.2, 0.25) is 0 Å². The molecule has 2 aromatic rings. The van der Waals surface area contributed by atoms with Crippen LogP contribution in [0, 0.1) is 0 Å². The third-order valence-corrected chi connectivity index (χ3v) is 3.99. The molecule has 0 aliphatic heterocycles. The number of halogens is 1. The Labute approximate surface area is 126 Å². The van der Waals surface area contributed by atoms with Crippen molar-refractivity contribution in [3.05, 3.63) is 44.7 Å². The zero-order chi connectivity index (χ0) is 14.5. The van der Waals surface area contributed by atoms with E-state index in [0.717, 1.165) is 11.3 Å². The number of hydrogen-bond acceptors (Lipinski definition) is 5. The number of aromatic nitrogens is 1. The van der Waals surface area contributed by atoms with Crippen LogP contribution in [0.5, 0.6) is 0 Å². The standard InChI is InChI=1S/C13H15ClN4OS/c1-2-8-3-4-20-10(8)7-16-13(19)9-5-11(14)17-12(6-9)18-15/h3-6H,2,7,15H2,1H3,(H,16,19)(H,17,18). The maximum atomic E-state index is 12.1. The molecule has 2 aromatic heterocycles. The van der Waals surface area contributed by atoms with Crippen molar-refractivity contribution < 1.29 is 4.79 Å². The molecule has 0 aliphatic rings. The lowest BCUT2D eigenvalue weighted by molar-refractivity contribution is 0.0951. The zero-order valence-corrected chi connectivity index (χ0v) is 12.5. The molecule has 0 bridgehead atoms. The van der Waals surface area contributed by atoms with E-state index in [2.05, 4.69) is 28.7 Å². The second-order valence-corrected chi connectivity index (χ2v) is 5.50. The maximum Gasteiger partial charge on any atom is 0.251 e. The Hall–Kier alpha value is -1.63. The van der Waals surface area contributed by atoms with Gasteiger partial charge in [-0.25, -0.2) is 10.8 Å². The number of nitrogens with one attached hydrogen (secondary N) is 2. The van der Waals surface area contributed by atoms with E-state index >= 15 is 0 Å². The number of pyridine rings is 1. The molecule has 0 fully saturated rings. The Morgan fingerprint density at radius 2 is 2.30 bits per heavy atom. The number of carbonyl (C=O) groups excluding carboxylic acids is 1. The van der Waals surface area contributed by atoms with Crippen LogP contribution in [0.2, 0.25) is 5.15 Å². The van der Waals surface area contributed by atoms with E-state index in [4.69, 9.17) is 17.4 Å². The molecular formula is C13H15ClN4OS. The number of nitrogen functional groups attached to an aromatic ring is 1. The van der Waals surface area contributed by atoms with Crippen LogP contribution >= 0.6 is 22.9 Å². The molecule has 0 saturated heterocycles. The van der Waals surface area contributed by atoms with E-state index in [-0.39, 0.29) is 11.1 Å². The fourth-order valence-electron chi connectivity index (χ4n) is 1.80. The summed E-state index contributed by atoms with van der Waals surface area (Å²) in [6, 6.07) is 5.13. The van der Waals surface area contributed by atoms with Gasteiger partial charge < -0.3 is 10.7 Å². The molecular weight excluding hydrogens is 296 g/mol. The minimum Gasteiger partial charge on any atom is -0.347 e. The molecule has 5 nitrogen and oxygen atoms in total. The van der Waals surface area contributed by atoms with E-state index in [1.807, 2.05) is 5.38 Å². The highest BCUT2D eigenvalue weighted by Gasteiger charge is 2.10. The molecule has 2 heterocycles. The van der Waals surface area contributed by atoms with Gasteiger partial charge in [-0.05, 0) is 35.6 Å². The molecule has 0 radical (unpaired) electrons. The largest absolute Gasteiger partial charge is 0.347 e. The number of nitrogens with zero attached hydrogens (tertiary/aromatic N) is 1. The predicted octanol–water partition coefficient (Wildman–Crippen LogP) is 2.57. The number of hydrazine groups is 1. The number of amides is 1. The van der Waals surface area contributed by atoms with Crippen molar-refractivity contribution >= 4 is 34.7 Å². The second kappa shape index (κ2) is 6.69. The van der Waals surface area contributed by atoms with Gasteiger partial charge in [0, 0.05) is 10.4 Å². The average molecular weight is 311 g/mol. The van der Waals surface area contributed by atoms with Gasteiger partial charge in [0.1, 0.15) is 11.0 Å². The third kappa shape index (κ3) is 3.47. The lowest BCUT2D eigenvalue weighted by Gasteiger charge is -2.07. The van der Waals surface area contributed by atoms with Gasteiger partial charge in [0.15, 0.2) is 0 Å². The molecule has 4 N–H and O–H groups in total. The number of anilines is 1. The molecule has 0 atom stereocenters. The minimum absolute atomic E-state index is 0.207. The predicted molar refractivity (Wildman–Crippen MR) is 81.9 cm³/mol. The van der Waals surface area contributed by atoms with Gasteiger partial charge in [0.25, 0.3) is 5.91 Å². The molecule has 2 rings (SSSR count). The lowest BCUT2D eigenvalue weighted by Crippen LogP contribution is -2.23. The average Bonchev–Trinajstić information content (AvgIpc) is 2.91. The van der Waals surface area contributed by atoms with Crippen LogP contribution < -0.4 is 16.6 Å². The first-order valence-corrected chi connectivity index (χ1v) is 7.37. The number of carbonyl (C=O) groups is 1. The van der Waals surface area contributed by atoms with Crippen molar-refractivity contribution in [2.24, 2.45) is 5.84 Å². The van der Waals surface area contributed by atoms with Crippen molar-refractivity contribution in [3.63, 3.8) is 0 Å². The van der Waals surface area contributed by atoms with E-state index < -0.39 is 0 Å². The van der Waals surface area contributed by atoms with Gasteiger partial charge in [-0.1, -0.05) is 18.5 Å². The van der Waals surface area contributed by atoms with Crippen LogP contribution in [0.1, 0.15) is 27.7 Å². The van der Waals surface area contributed by atoms with Crippen LogP contribution in [0.25, 0.3) is 0 Å². The van der Waals surface area contributed by atoms with E-state index in [1.165, 1.54) is 11.6 Å². The smallest absolute Gasteiger partial charge is 0.251 e. The summed E-state index contributed by atoms with van der Waals surface area (Å²) in [6.07, 6.45) is 0.955. The van der Waals surface area contributed by atoms with Crippen LogP contribution in [0.4, 0.5) is 5.82 Å². The quantitative estimate of drug-likeness (QED) is 0.450. The zero-order valence-electron chi connectivity index (χ0n) is 10.9. The van der Waals surface area contributed by atoms with E-state index in [0.29, 0.717) is 17.9 Å².